The lowest BCUT2D eigenvalue weighted by Crippen LogP contribution is -2.17. The van der Waals surface area contributed by atoms with Gasteiger partial charge in [0.25, 0.3) is 5.91 Å². The van der Waals surface area contributed by atoms with E-state index in [1.165, 1.54) is 19.6 Å². The smallest absolute Gasteiger partial charge is 0.433 e. The van der Waals surface area contributed by atoms with E-state index >= 15 is 0 Å². The molecular formula is C21H23F3N4O3. The van der Waals surface area contributed by atoms with Crippen LogP contribution in [0.15, 0.2) is 36.5 Å². The number of benzene rings is 1. The molecule has 0 spiro atoms. The lowest BCUT2D eigenvalue weighted by atomic mass is 9.93. The molecule has 10 heteroatoms. The number of rotatable bonds is 4. The number of ether oxygens (including phenoxy) is 2. The van der Waals surface area contributed by atoms with Crippen molar-refractivity contribution in [2.45, 2.75) is 31.5 Å². The number of alkyl halides is 3. The number of anilines is 1. The molecule has 7 nitrogen and oxygen atoms in total. The summed E-state index contributed by atoms with van der Waals surface area (Å²) in [5, 5.41) is 7.94. The van der Waals surface area contributed by atoms with Gasteiger partial charge in [-0.25, -0.2) is 4.98 Å². The normalized spacial score (nSPS) is 13.9. The molecule has 4 rings (SSSR count). The number of pyridine rings is 1. The molecule has 31 heavy (non-hydrogen) atoms. The summed E-state index contributed by atoms with van der Waals surface area (Å²) in [6, 6.07) is 6.96. The molecule has 0 unspecified atom stereocenters. The minimum atomic E-state index is -4.62. The molecule has 0 saturated heterocycles. The summed E-state index contributed by atoms with van der Waals surface area (Å²) in [4.78, 5) is 15.9. The highest BCUT2D eigenvalue weighted by Crippen LogP contribution is 2.35. The number of aromatic nitrogens is 3. The molecule has 1 aliphatic rings. The summed E-state index contributed by atoms with van der Waals surface area (Å²) >= 11 is 0. The Balaban J connectivity index is 0.000000858. The highest BCUT2D eigenvalue weighted by Gasteiger charge is 2.33. The number of hydrogen-bond donors (Lipinski definition) is 1. The average molecular weight is 436 g/mol. The van der Waals surface area contributed by atoms with Crippen LogP contribution in [0.5, 0.6) is 5.75 Å². The zero-order chi connectivity index (χ0) is 22.6. The van der Waals surface area contributed by atoms with Gasteiger partial charge in [-0.1, -0.05) is 6.07 Å². The minimum absolute atomic E-state index is 0.331. The van der Waals surface area contributed by atoms with E-state index in [0.717, 1.165) is 35.9 Å². The second-order valence-corrected chi connectivity index (χ2v) is 7.07. The van der Waals surface area contributed by atoms with E-state index in [4.69, 9.17) is 4.74 Å². The van der Waals surface area contributed by atoms with Crippen molar-refractivity contribution in [1.82, 2.24) is 14.8 Å². The van der Waals surface area contributed by atoms with E-state index in [1.54, 1.807) is 26.4 Å². The molecule has 0 aliphatic heterocycles. The van der Waals surface area contributed by atoms with Gasteiger partial charge in [-0.05, 0) is 37.5 Å². The third-order valence-corrected chi connectivity index (χ3v) is 4.81. The molecule has 1 N–H and O–H groups in total. The van der Waals surface area contributed by atoms with Crippen LogP contribution in [0.1, 0.15) is 41.5 Å². The first kappa shape index (κ1) is 22.5. The van der Waals surface area contributed by atoms with Gasteiger partial charge in [0.2, 0.25) is 0 Å². The lowest BCUT2D eigenvalue weighted by molar-refractivity contribution is -0.141. The Morgan fingerprint density at radius 3 is 2.48 bits per heavy atom. The number of carbonyl (C=O) groups is 1. The van der Waals surface area contributed by atoms with Crippen LogP contribution in [0.25, 0.3) is 10.9 Å². The Hall–Kier alpha value is -3.14. The minimum Gasteiger partial charge on any atom is -0.494 e. The van der Waals surface area contributed by atoms with E-state index in [0.29, 0.717) is 17.5 Å². The van der Waals surface area contributed by atoms with Gasteiger partial charge in [0.1, 0.15) is 17.1 Å². The molecule has 1 amide bonds. The van der Waals surface area contributed by atoms with Crippen molar-refractivity contribution in [1.29, 1.82) is 0 Å². The first-order chi connectivity index (χ1) is 14.8. The van der Waals surface area contributed by atoms with Crippen molar-refractivity contribution >= 4 is 22.5 Å². The van der Waals surface area contributed by atoms with Crippen LogP contribution in [0.2, 0.25) is 0 Å². The molecule has 166 valence electrons. The predicted octanol–water partition coefficient (Wildman–Crippen LogP) is 4.70. The van der Waals surface area contributed by atoms with Crippen LogP contribution in [0.4, 0.5) is 18.9 Å². The van der Waals surface area contributed by atoms with Crippen molar-refractivity contribution in [3.8, 4) is 5.75 Å². The number of carbonyl (C=O) groups excluding carboxylic acids is 1. The Bertz CT molecular complexity index is 1060. The van der Waals surface area contributed by atoms with Crippen molar-refractivity contribution in [2.24, 2.45) is 0 Å². The van der Waals surface area contributed by atoms with Gasteiger partial charge in [0, 0.05) is 31.9 Å². The fourth-order valence-electron chi connectivity index (χ4n) is 3.08. The van der Waals surface area contributed by atoms with Crippen LogP contribution < -0.4 is 10.1 Å². The third-order valence-electron chi connectivity index (χ3n) is 4.81. The van der Waals surface area contributed by atoms with Crippen molar-refractivity contribution in [2.75, 3.05) is 26.6 Å². The quantitative estimate of drug-likeness (QED) is 0.642. The molecule has 0 radical (unpaired) electrons. The topological polar surface area (TPSA) is 78.3 Å². The van der Waals surface area contributed by atoms with Crippen LogP contribution in [-0.4, -0.2) is 42.0 Å². The number of methoxy groups -OCH3 is 2. The predicted molar refractivity (Wildman–Crippen MR) is 109 cm³/mol. The van der Waals surface area contributed by atoms with E-state index < -0.39 is 17.8 Å². The van der Waals surface area contributed by atoms with Gasteiger partial charge in [0.15, 0.2) is 0 Å². The summed E-state index contributed by atoms with van der Waals surface area (Å²) in [5.74, 6) is -0.387. The first-order valence-electron chi connectivity index (χ1n) is 9.59. The van der Waals surface area contributed by atoms with E-state index in [1.807, 2.05) is 10.9 Å². The molecule has 2 aromatic heterocycles. The molecule has 3 aromatic rings. The molecule has 1 fully saturated rings. The monoisotopic (exact) mass is 436 g/mol. The molecule has 1 aromatic carbocycles. The molecular weight excluding hydrogens is 413 g/mol. The van der Waals surface area contributed by atoms with E-state index in [9.17, 15) is 18.0 Å². The highest BCUT2D eigenvalue weighted by atomic mass is 19.4. The van der Waals surface area contributed by atoms with Crippen LogP contribution in [0.3, 0.4) is 0 Å². The second kappa shape index (κ2) is 9.34. The second-order valence-electron chi connectivity index (χ2n) is 7.07. The Morgan fingerprint density at radius 2 is 1.90 bits per heavy atom. The van der Waals surface area contributed by atoms with Crippen molar-refractivity contribution in [3.63, 3.8) is 0 Å². The Morgan fingerprint density at radius 1 is 1.19 bits per heavy atom. The number of fused-ring (bicyclic) bond motifs is 1. The largest absolute Gasteiger partial charge is 0.494 e. The van der Waals surface area contributed by atoms with Gasteiger partial charge in [0.05, 0.1) is 24.4 Å². The Labute approximate surface area is 177 Å². The SMILES string of the molecule is COC.COc1cc2nn(C3CCC3)cc2cc1NC(=O)c1cccc(C(F)(F)F)n1. The van der Waals surface area contributed by atoms with Crippen LogP contribution in [0, 0.1) is 0 Å². The number of nitrogens with zero attached hydrogens (tertiary/aromatic N) is 3. The maximum Gasteiger partial charge on any atom is 0.433 e. The van der Waals surface area contributed by atoms with E-state index in [-0.39, 0.29) is 5.69 Å². The number of halogens is 3. The fourth-order valence-corrected chi connectivity index (χ4v) is 3.08. The van der Waals surface area contributed by atoms with Gasteiger partial charge in [-0.3, -0.25) is 9.48 Å². The van der Waals surface area contributed by atoms with Gasteiger partial charge >= 0.3 is 6.18 Å². The molecule has 1 saturated carbocycles. The highest BCUT2D eigenvalue weighted by molar-refractivity contribution is 6.05. The molecule has 2 heterocycles. The first-order valence-corrected chi connectivity index (χ1v) is 9.59. The van der Waals surface area contributed by atoms with Crippen LogP contribution in [-0.2, 0) is 10.9 Å². The summed E-state index contributed by atoms with van der Waals surface area (Å²) in [6.45, 7) is 0. The van der Waals surface area contributed by atoms with Crippen LogP contribution >= 0.6 is 0 Å². The number of amides is 1. The Kier molecular flexibility index (Phi) is 6.79. The van der Waals surface area contributed by atoms with Gasteiger partial charge < -0.3 is 14.8 Å². The number of hydrogen-bond acceptors (Lipinski definition) is 5. The van der Waals surface area contributed by atoms with Gasteiger partial charge in [-0.2, -0.15) is 18.3 Å². The third kappa shape index (κ3) is 5.13. The zero-order valence-electron chi connectivity index (χ0n) is 17.4. The summed E-state index contributed by atoms with van der Waals surface area (Å²) in [5.41, 5.74) is -0.391. The summed E-state index contributed by atoms with van der Waals surface area (Å²) in [7, 11) is 4.70. The summed E-state index contributed by atoms with van der Waals surface area (Å²) in [6.07, 6.45) is 0.612. The van der Waals surface area contributed by atoms with Crippen molar-refractivity contribution < 1.29 is 27.4 Å². The molecule has 0 atom stereocenters. The lowest BCUT2D eigenvalue weighted by Gasteiger charge is -2.25. The van der Waals surface area contributed by atoms with E-state index in [2.05, 4.69) is 20.1 Å². The standard InChI is InChI=1S/C19H17F3N4O2.C2H6O/c1-28-16-9-14-11(10-26(25-14)12-4-2-5-12)8-15(16)24-18(27)13-6-3-7-17(23-13)19(20,21)22;1-3-2/h3,6-10,12H,2,4-5H2,1H3,(H,24,27);1-2H3. The molecule has 1 aliphatic carbocycles. The molecule has 0 bridgehead atoms. The fraction of sp³-hybridized carbons (Fsp3) is 0.381. The zero-order valence-corrected chi connectivity index (χ0v) is 17.4. The maximum atomic E-state index is 12.8. The number of nitrogens with one attached hydrogen (secondary N) is 1. The maximum absolute atomic E-state index is 12.8. The summed E-state index contributed by atoms with van der Waals surface area (Å²) < 4.78 is 50.0. The van der Waals surface area contributed by atoms with Gasteiger partial charge in [-0.15, -0.1) is 0 Å². The average Bonchev–Trinajstić information content (AvgIpc) is 3.07. The van der Waals surface area contributed by atoms with Crippen molar-refractivity contribution in [3.05, 3.63) is 47.9 Å².